The van der Waals surface area contributed by atoms with E-state index in [1.54, 1.807) is 0 Å². The number of nitrogens with zero attached hydrogens (tertiary/aromatic N) is 1. The quantitative estimate of drug-likeness (QED) is 0.786. The van der Waals surface area contributed by atoms with Crippen molar-refractivity contribution in [2.75, 3.05) is 17.2 Å². The molecule has 17 heavy (non-hydrogen) atoms. The van der Waals surface area contributed by atoms with E-state index in [9.17, 15) is 0 Å². The van der Waals surface area contributed by atoms with Gasteiger partial charge in [-0.15, -0.1) is 0 Å². The number of benzene rings is 1. The highest BCUT2D eigenvalue weighted by Crippen LogP contribution is 2.35. The van der Waals surface area contributed by atoms with Gasteiger partial charge in [-0.05, 0) is 49.8 Å². The fourth-order valence-electron chi connectivity index (χ4n) is 2.19. The lowest BCUT2D eigenvalue weighted by atomic mass is 10.1. The van der Waals surface area contributed by atoms with Crippen LogP contribution >= 0.6 is 0 Å². The molecule has 1 aromatic carbocycles. The Hall–Kier alpha value is -1.18. The summed E-state index contributed by atoms with van der Waals surface area (Å²) >= 11 is 0. The van der Waals surface area contributed by atoms with Gasteiger partial charge in [0, 0.05) is 12.6 Å². The van der Waals surface area contributed by atoms with Crippen molar-refractivity contribution in [1.29, 1.82) is 0 Å². The van der Waals surface area contributed by atoms with Crippen molar-refractivity contribution in [2.45, 2.75) is 46.1 Å². The summed E-state index contributed by atoms with van der Waals surface area (Å²) in [6, 6.07) is 7.09. The third-order valence-electron chi connectivity index (χ3n) is 3.43. The van der Waals surface area contributed by atoms with E-state index in [0.717, 1.165) is 24.2 Å². The standard InChI is InChI=1S/C15H24N2/c1-11(2)8-9-17(13-5-6-13)15-10-12(3)4-7-14(15)16/h4,7,10-11,13H,5-6,8-9,16H2,1-3H3. The second kappa shape index (κ2) is 4.99. The van der Waals surface area contributed by atoms with Crippen LogP contribution < -0.4 is 10.6 Å². The van der Waals surface area contributed by atoms with E-state index >= 15 is 0 Å². The summed E-state index contributed by atoms with van der Waals surface area (Å²) < 4.78 is 0. The predicted molar refractivity (Wildman–Crippen MR) is 75.4 cm³/mol. The van der Waals surface area contributed by atoms with Gasteiger partial charge in [-0.3, -0.25) is 0 Å². The molecule has 0 aromatic heterocycles. The van der Waals surface area contributed by atoms with Gasteiger partial charge < -0.3 is 10.6 Å². The van der Waals surface area contributed by atoms with Gasteiger partial charge in [-0.25, -0.2) is 0 Å². The monoisotopic (exact) mass is 232 g/mol. The molecule has 0 saturated heterocycles. The van der Waals surface area contributed by atoms with Gasteiger partial charge in [0.05, 0.1) is 11.4 Å². The van der Waals surface area contributed by atoms with Crippen LogP contribution in [0.25, 0.3) is 0 Å². The minimum atomic E-state index is 0.734. The third kappa shape index (κ3) is 3.15. The van der Waals surface area contributed by atoms with Gasteiger partial charge >= 0.3 is 0 Å². The molecular weight excluding hydrogens is 208 g/mol. The van der Waals surface area contributed by atoms with Gasteiger partial charge in [-0.2, -0.15) is 0 Å². The maximum atomic E-state index is 6.12. The number of aryl methyl sites for hydroxylation is 1. The first kappa shape index (κ1) is 12.3. The highest BCUT2D eigenvalue weighted by molar-refractivity contribution is 5.69. The van der Waals surface area contributed by atoms with Crippen LogP contribution in [0.2, 0.25) is 0 Å². The maximum absolute atomic E-state index is 6.12. The van der Waals surface area contributed by atoms with Crippen molar-refractivity contribution in [2.24, 2.45) is 5.92 Å². The molecular formula is C15H24N2. The van der Waals surface area contributed by atoms with Gasteiger partial charge in [0.25, 0.3) is 0 Å². The molecule has 1 aromatic rings. The lowest BCUT2D eigenvalue weighted by molar-refractivity contribution is 0.571. The smallest absolute Gasteiger partial charge is 0.0605 e. The molecule has 0 heterocycles. The molecule has 2 nitrogen and oxygen atoms in total. The first-order valence-corrected chi connectivity index (χ1v) is 6.70. The lowest BCUT2D eigenvalue weighted by Crippen LogP contribution is -2.28. The number of hydrogen-bond donors (Lipinski definition) is 1. The Morgan fingerprint density at radius 1 is 1.35 bits per heavy atom. The Balaban J connectivity index is 2.16. The van der Waals surface area contributed by atoms with E-state index in [-0.39, 0.29) is 0 Å². The first-order chi connectivity index (χ1) is 8.08. The predicted octanol–water partition coefficient (Wildman–Crippen LogP) is 3.59. The first-order valence-electron chi connectivity index (χ1n) is 6.70. The Kier molecular flexibility index (Phi) is 3.60. The molecule has 0 atom stereocenters. The summed E-state index contributed by atoms with van der Waals surface area (Å²) in [7, 11) is 0. The van der Waals surface area contributed by atoms with E-state index in [0.29, 0.717) is 0 Å². The van der Waals surface area contributed by atoms with Gasteiger partial charge in [0.1, 0.15) is 0 Å². The van der Waals surface area contributed by atoms with Crippen molar-refractivity contribution in [3.05, 3.63) is 23.8 Å². The molecule has 0 spiro atoms. The minimum absolute atomic E-state index is 0.734. The van der Waals surface area contributed by atoms with Crippen LogP contribution in [-0.2, 0) is 0 Å². The van der Waals surface area contributed by atoms with Crippen molar-refractivity contribution < 1.29 is 0 Å². The van der Waals surface area contributed by atoms with Gasteiger partial charge in [-0.1, -0.05) is 19.9 Å². The average molecular weight is 232 g/mol. The fraction of sp³-hybridized carbons (Fsp3) is 0.600. The molecule has 0 bridgehead atoms. The van der Waals surface area contributed by atoms with Crippen molar-refractivity contribution in [3.8, 4) is 0 Å². The Morgan fingerprint density at radius 3 is 2.65 bits per heavy atom. The number of rotatable bonds is 5. The van der Waals surface area contributed by atoms with Crippen molar-refractivity contribution >= 4 is 11.4 Å². The van der Waals surface area contributed by atoms with E-state index in [1.165, 1.54) is 30.5 Å². The maximum Gasteiger partial charge on any atom is 0.0605 e. The van der Waals surface area contributed by atoms with Gasteiger partial charge in [0.15, 0.2) is 0 Å². The van der Waals surface area contributed by atoms with Crippen LogP contribution in [0.15, 0.2) is 18.2 Å². The zero-order valence-electron chi connectivity index (χ0n) is 11.2. The van der Waals surface area contributed by atoms with Crippen molar-refractivity contribution in [1.82, 2.24) is 0 Å². The molecule has 94 valence electrons. The molecule has 2 N–H and O–H groups in total. The molecule has 2 rings (SSSR count). The number of hydrogen-bond acceptors (Lipinski definition) is 2. The van der Waals surface area contributed by atoms with E-state index < -0.39 is 0 Å². The highest BCUT2D eigenvalue weighted by Gasteiger charge is 2.30. The van der Waals surface area contributed by atoms with Crippen LogP contribution in [0.1, 0.15) is 38.7 Å². The second-order valence-corrected chi connectivity index (χ2v) is 5.67. The lowest BCUT2D eigenvalue weighted by Gasteiger charge is -2.27. The number of anilines is 2. The van der Waals surface area contributed by atoms with Crippen LogP contribution in [0.5, 0.6) is 0 Å². The number of nitrogens with two attached hydrogens (primary N) is 1. The summed E-state index contributed by atoms with van der Waals surface area (Å²) in [5.41, 5.74) is 9.58. The normalized spacial score (nSPS) is 15.3. The summed E-state index contributed by atoms with van der Waals surface area (Å²) in [6.07, 6.45) is 3.89. The Morgan fingerprint density at radius 2 is 2.06 bits per heavy atom. The van der Waals surface area contributed by atoms with E-state index in [1.807, 2.05) is 6.07 Å². The summed E-state index contributed by atoms with van der Waals surface area (Å²) in [4.78, 5) is 2.52. The Bertz CT molecular complexity index is 381. The number of nitrogen functional groups attached to an aromatic ring is 1. The van der Waals surface area contributed by atoms with Crippen LogP contribution in [0, 0.1) is 12.8 Å². The zero-order chi connectivity index (χ0) is 12.4. The second-order valence-electron chi connectivity index (χ2n) is 5.67. The van der Waals surface area contributed by atoms with Crippen LogP contribution in [-0.4, -0.2) is 12.6 Å². The third-order valence-corrected chi connectivity index (χ3v) is 3.43. The summed E-state index contributed by atoms with van der Waals surface area (Å²) in [5.74, 6) is 0.752. The van der Waals surface area contributed by atoms with E-state index in [4.69, 9.17) is 5.73 Å². The average Bonchev–Trinajstić information content (AvgIpc) is 3.07. The summed E-state index contributed by atoms with van der Waals surface area (Å²) in [6.45, 7) is 7.84. The fourth-order valence-corrected chi connectivity index (χ4v) is 2.19. The van der Waals surface area contributed by atoms with Crippen molar-refractivity contribution in [3.63, 3.8) is 0 Å². The highest BCUT2D eigenvalue weighted by atomic mass is 15.2. The molecule has 1 saturated carbocycles. The molecule has 2 heteroatoms. The SMILES string of the molecule is Cc1ccc(N)c(N(CCC(C)C)C2CC2)c1. The topological polar surface area (TPSA) is 29.3 Å². The summed E-state index contributed by atoms with van der Waals surface area (Å²) in [5, 5.41) is 0. The largest absolute Gasteiger partial charge is 0.397 e. The molecule has 0 amide bonds. The van der Waals surface area contributed by atoms with Gasteiger partial charge in [0.2, 0.25) is 0 Å². The zero-order valence-corrected chi connectivity index (χ0v) is 11.2. The molecule has 1 aliphatic rings. The van der Waals surface area contributed by atoms with Crippen LogP contribution in [0.4, 0.5) is 11.4 Å². The Labute approximate surface area is 105 Å². The molecule has 1 fully saturated rings. The minimum Gasteiger partial charge on any atom is -0.397 e. The molecule has 1 aliphatic carbocycles. The van der Waals surface area contributed by atoms with E-state index in [2.05, 4.69) is 37.8 Å². The molecule has 0 aliphatic heterocycles. The molecule has 0 unspecified atom stereocenters. The van der Waals surface area contributed by atoms with Crippen LogP contribution in [0.3, 0.4) is 0 Å². The molecule has 0 radical (unpaired) electrons.